The van der Waals surface area contributed by atoms with Gasteiger partial charge >= 0.3 is 0 Å². The van der Waals surface area contributed by atoms with Crippen LogP contribution in [0.15, 0.2) is 42.5 Å². The van der Waals surface area contributed by atoms with Gasteiger partial charge in [-0.1, -0.05) is 18.2 Å². The second-order valence-corrected chi connectivity index (χ2v) is 4.35. The van der Waals surface area contributed by atoms with Crippen molar-refractivity contribution in [1.82, 2.24) is 10.0 Å². The molecule has 102 valence electrons. The average molecular weight is 279 g/mol. The van der Waals surface area contributed by atoms with E-state index in [0.29, 0.717) is 16.8 Å². The summed E-state index contributed by atoms with van der Waals surface area (Å²) in [5.74, 6) is -0.987. The summed E-state index contributed by atoms with van der Waals surface area (Å²) in [4.78, 5) is 33.4. The minimum Gasteiger partial charge on any atom is -0.266 e. The van der Waals surface area contributed by atoms with Crippen molar-refractivity contribution in [2.45, 2.75) is 6.61 Å². The molecule has 0 N–H and O–H groups in total. The Morgan fingerprint density at radius 1 is 1.05 bits per heavy atom. The Bertz CT molecular complexity index is 745. The normalized spacial score (nSPS) is 13.2. The molecule has 0 saturated carbocycles. The quantitative estimate of drug-likeness (QED) is 0.798. The topological polar surface area (TPSA) is 83.3 Å². The number of aromatic nitrogens is 1. The number of hydrogen-bond donors (Lipinski definition) is 0. The van der Waals surface area contributed by atoms with Crippen LogP contribution in [-0.4, -0.2) is 21.9 Å². The van der Waals surface area contributed by atoms with Crippen LogP contribution in [0.4, 0.5) is 0 Å². The van der Waals surface area contributed by atoms with E-state index in [1.807, 2.05) is 6.07 Å². The van der Waals surface area contributed by atoms with Gasteiger partial charge in [-0.2, -0.15) is 5.26 Å². The maximum absolute atomic E-state index is 12.1. The Labute approximate surface area is 120 Å². The van der Waals surface area contributed by atoms with E-state index in [0.717, 1.165) is 5.06 Å². The number of hydroxylamine groups is 2. The van der Waals surface area contributed by atoms with E-state index in [-0.39, 0.29) is 12.3 Å². The highest BCUT2D eigenvalue weighted by molar-refractivity contribution is 6.20. The van der Waals surface area contributed by atoms with Gasteiger partial charge < -0.3 is 0 Å². The molecule has 0 fully saturated rings. The maximum atomic E-state index is 12.1. The molecule has 1 aliphatic rings. The SMILES string of the molecule is N#Cc1cccc(CON2C(=O)c3ccccc3C2=O)n1. The number of fused-ring (bicyclic) bond motifs is 1. The highest BCUT2D eigenvalue weighted by atomic mass is 16.7. The Balaban J connectivity index is 1.77. The second kappa shape index (κ2) is 5.15. The number of imide groups is 1. The molecule has 6 heteroatoms. The third-order valence-electron chi connectivity index (χ3n) is 3.02. The van der Waals surface area contributed by atoms with Crippen LogP contribution in [-0.2, 0) is 11.4 Å². The first-order chi connectivity index (χ1) is 10.2. The summed E-state index contributed by atoms with van der Waals surface area (Å²) in [7, 11) is 0. The lowest BCUT2D eigenvalue weighted by Crippen LogP contribution is -2.29. The first-order valence-electron chi connectivity index (χ1n) is 6.17. The fourth-order valence-electron chi connectivity index (χ4n) is 2.04. The summed E-state index contributed by atoms with van der Waals surface area (Å²) in [6.07, 6.45) is 0. The van der Waals surface area contributed by atoms with E-state index < -0.39 is 11.8 Å². The molecule has 21 heavy (non-hydrogen) atoms. The van der Waals surface area contributed by atoms with Gasteiger partial charge in [-0.05, 0) is 24.3 Å². The van der Waals surface area contributed by atoms with Crippen molar-refractivity contribution in [3.05, 3.63) is 65.0 Å². The number of nitrogens with zero attached hydrogens (tertiary/aromatic N) is 3. The number of amides is 2. The van der Waals surface area contributed by atoms with E-state index in [4.69, 9.17) is 10.1 Å². The van der Waals surface area contributed by atoms with Gasteiger partial charge in [-0.15, -0.1) is 5.06 Å². The number of carbonyl (C=O) groups is 2. The molecule has 1 aliphatic heterocycles. The molecule has 0 radical (unpaired) electrons. The zero-order chi connectivity index (χ0) is 14.8. The Morgan fingerprint density at radius 2 is 1.71 bits per heavy atom. The van der Waals surface area contributed by atoms with Crippen molar-refractivity contribution in [2.75, 3.05) is 0 Å². The Morgan fingerprint density at radius 3 is 2.33 bits per heavy atom. The summed E-state index contributed by atoms with van der Waals surface area (Å²) >= 11 is 0. The van der Waals surface area contributed by atoms with Crippen molar-refractivity contribution < 1.29 is 14.4 Å². The Hall–Kier alpha value is -3.04. The highest BCUT2D eigenvalue weighted by Crippen LogP contribution is 2.23. The van der Waals surface area contributed by atoms with Crippen LogP contribution in [0.2, 0.25) is 0 Å². The number of carbonyl (C=O) groups excluding carboxylic acids is 2. The van der Waals surface area contributed by atoms with Gasteiger partial charge in [0.25, 0.3) is 11.8 Å². The molecule has 1 aromatic carbocycles. The smallest absolute Gasteiger partial charge is 0.266 e. The first-order valence-corrected chi connectivity index (χ1v) is 6.17. The number of pyridine rings is 1. The zero-order valence-electron chi connectivity index (χ0n) is 10.8. The zero-order valence-corrected chi connectivity index (χ0v) is 10.8. The molecule has 0 bridgehead atoms. The lowest BCUT2D eigenvalue weighted by Gasteiger charge is -2.12. The van der Waals surface area contributed by atoms with Crippen LogP contribution in [0.3, 0.4) is 0 Å². The molecule has 6 nitrogen and oxygen atoms in total. The van der Waals surface area contributed by atoms with Crippen molar-refractivity contribution in [1.29, 1.82) is 5.26 Å². The third-order valence-corrected chi connectivity index (χ3v) is 3.02. The number of hydrogen-bond acceptors (Lipinski definition) is 5. The van der Waals surface area contributed by atoms with E-state index >= 15 is 0 Å². The molecule has 0 saturated heterocycles. The molecular formula is C15H9N3O3. The Kier molecular flexibility index (Phi) is 3.18. The van der Waals surface area contributed by atoms with Crippen LogP contribution >= 0.6 is 0 Å². The lowest BCUT2D eigenvalue weighted by molar-refractivity contribution is -0.102. The van der Waals surface area contributed by atoms with E-state index in [1.54, 1.807) is 42.5 Å². The summed E-state index contributed by atoms with van der Waals surface area (Å²) in [6, 6.07) is 13.3. The van der Waals surface area contributed by atoms with Gasteiger partial charge in [-0.3, -0.25) is 14.4 Å². The monoisotopic (exact) mass is 279 g/mol. The molecule has 2 aromatic rings. The number of rotatable bonds is 3. The lowest BCUT2D eigenvalue weighted by atomic mass is 10.1. The number of benzene rings is 1. The molecule has 2 amide bonds. The van der Waals surface area contributed by atoms with Crippen molar-refractivity contribution in [3.8, 4) is 6.07 Å². The van der Waals surface area contributed by atoms with Gasteiger partial charge in [0.2, 0.25) is 0 Å². The largest absolute Gasteiger partial charge is 0.285 e. The second-order valence-electron chi connectivity index (χ2n) is 4.35. The summed E-state index contributed by atoms with van der Waals surface area (Å²) in [5.41, 5.74) is 1.35. The molecule has 0 unspecified atom stereocenters. The number of nitriles is 1. The summed E-state index contributed by atoms with van der Waals surface area (Å²) in [5, 5.41) is 9.50. The van der Waals surface area contributed by atoms with Crippen molar-refractivity contribution in [2.24, 2.45) is 0 Å². The standard InChI is InChI=1S/C15H9N3O3/c16-8-10-4-3-5-11(17-10)9-21-18-14(19)12-6-1-2-7-13(12)15(18)20/h1-7H,9H2. The maximum Gasteiger partial charge on any atom is 0.285 e. The van der Waals surface area contributed by atoms with Crippen LogP contribution < -0.4 is 0 Å². The fourth-order valence-corrected chi connectivity index (χ4v) is 2.04. The summed E-state index contributed by atoms with van der Waals surface area (Å²) < 4.78 is 0. The van der Waals surface area contributed by atoms with Gasteiger partial charge in [0.05, 0.1) is 16.8 Å². The fraction of sp³-hybridized carbons (Fsp3) is 0.0667. The van der Waals surface area contributed by atoms with Crippen LogP contribution in [0.25, 0.3) is 0 Å². The third kappa shape index (κ3) is 2.26. The molecule has 3 rings (SSSR count). The van der Waals surface area contributed by atoms with Crippen LogP contribution in [0, 0.1) is 11.3 Å². The van der Waals surface area contributed by atoms with Crippen molar-refractivity contribution >= 4 is 11.8 Å². The molecule has 0 spiro atoms. The molecular weight excluding hydrogens is 270 g/mol. The minimum atomic E-state index is -0.493. The van der Waals surface area contributed by atoms with Gasteiger partial charge in [-0.25, -0.2) is 4.98 Å². The first kappa shape index (κ1) is 13.0. The van der Waals surface area contributed by atoms with Crippen molar-refractivity contribution in [3.63, 3.8) is 0 Å². The van der Waals surface area contributed by atoms with E-state index in [1.165, 1.54) is 0 Å². The predicted octanol–water partition coefficient (Wildman–Crippen LogP) is 1.68. The summed E-state index contributed by atoms with van der Waals surface area (Å²) in [6.45, 7) is -0.0685. The van der Waals surface area contributed by atoms with E-state index in [9.17, 15) is 9.59 Å². The molecule has 0 atom stereocenters. The predicted molar refractivity (Wildman–Crippen MR) is 70.7 cm³/mol. The van der Waals surface area contributed by atoms with Gasteiger partial charge in [0, 0.05) is 0 Å². The molecule has 2 heterocycles. The molecule has 1 aromatic heterocycles. The average Bonchev–Trinajstić information content (AvgIpc) is 2.78. The van der Waals surface area contributed by atoms with Gasteiger partial charge in [0.1, 0.15) is 18.4 Å². The highest BCUT2D eigenvalue weighted by Gasteiger charge is 2.36. The molecule has 0 aliphatic carbocycles. The van der Waals surface area contributed by atoms with E-state index in [2.05, 4.69) is 4.98 Å². The van der Waals surface area contributed by atoms with Crippen LogP contribution in [0.1, 0.15) is 32.1 Å². The van der Waals surface area contributed by atoms with Gasteiger partial charge in [0.15, 0.2) is 0 Å². The van der Waals surface area contributed by atoms with Crippen LogP contribution in [0.5, 0.6) is 0 Å². The minimum absolute atomic E-state index is 0.0685.